The average Bonchev–Trinajstić information content (AvgIpc) is 2.56. The largest absolute Gasteiger partial charge is 0.497 e. The Labute approximate surface area is 135 Å². The number of aryl methyl sites for hydroxylation is 1. The highest BCUT2D eigenvalue weighted by Crippen LogP contribution is 2.17. The molecule has 2 aromatic carbocycles. The summed E-state index contributed by atoms with van der Waals surface area (Å²) in [7, 11) is 3.24. The molecule has 0 aliphatic carbocycles. The quantitative estimate of drug-likeness (QED) is 0.659. The number of hydrogen-bond donors (Lipinski definition) is 1. The van der Waals surface area contributed by atoms with Crippen molar-refractivity contribution in [3.05, 3.63) is 59.2 Å². The summed E-state index contributed by atoms with van der Waals surface area (Å²) in [5.41, 5.74) is 5.34. The molecular formula is C18H20N2O3. The Morgan fingerprint density at radius 3 is 2.48 bits per heavy atom. The number of rotatable bonds is 6. The lowest BCUT2D eigenvalue weighted by atomic mass is 10.1. The van der Waals surface area contributed by atoms with E-state index in [0.717, 1.165) is 28.2 Å². The number of ether oxygens (including phenoxy) is 2. The van der Waals surface area contributed by atoms with E-state index in [1.807, 2.05) is 49.4 Å². The van der Waals surface area contributed by atoms with Crippen molar-refractivity contribution < 1.29 is 14.3 Å². The molecule has 0 atom stereocenters. The molecule has 5 nitrogen and oxygen atoms in total. The Balaban J connectivity index is 1.89. The molecule has 0 aliphatic rings. The lowest BCUT2D eigenvalue weighted by molar-refractivity contribution is -0.120. The van der Waals surface area contributed by atoms with E-state index in [4.69, 9.17) is 9.47 Å². The maximum Gasteiger partial charge on any atom is 0.244 e. The first-order valence-electron chi connectivity index (χ1n) is 7.22. The van der Waals surface area contributed by atoms with Gasteiger partial charge in [0.15, 0.2) is 0 Å². The van der Waals surface area contributed by atoms with E-state index >= 15 is 0 Å². The third-order valence-corrected chi connectivity index (χ3v) is 3.35. The van der Waals surface area contributed by atoms with Gasteiger partial charge in [0.1, 0.15) is 11.5 Å². The molecule has 0 fully saturated rings. The molecule has 120 valence electrons. The molecule has 0 bridgehead atoms. The number of hydrazone groups is 1. The molecule has 5 heteroatoms. The Hall–Kier alpha value is -2.82. The fourth-order valence-corrected chi connectivity index (χ4v) is 2.13. The second-order valence-corrected chi connectivity index (χ2v) is 5.05. The van der Waals surface area contributed by atoms with Crippen LogP contribution in [0.1, 0.15) is 16.7 Å². The number of nitrogens with zero attached hydrogens (tertiary/aromatic N) is 1. The van der Waals surface area contributed by atoms with Crippen molar-refractivity contribution in [2.45, 2.75) is 13.3 Å². The number of carbonyl (C=O) groups is 1. The lowest BCUT2D eigenvalue weighted by Crippen LogP contribution is -2.19. The molecule has 1 amide bonds. The van der Waals surface area contributed by atoms with Crippen LogP contribution in [0.25, 0.3) is 0 Å². The van der Waals surface area contributed by atoms with Crippen LogP contribution in [0.4, 0.5) is 0 Å². The minimum Gasteiger partial charge on any atom is -0.497 e. The van der Waals surface area contributed by atoms with Gasteiger partial charge >= 0.3 is 0 Å². The molecule has 1 N–H and O–H groups in total. The van der Waals surface area contributed by atoms with Gasteiger partial charge in [-0.3, -0.25) is 4.79 Å². The summed E-state index contributed by atoms with van der Waals surface area (Å²) in [4.78, 5) is 11.8. The number of benzene rings is 2. The third-order valence-electron chi connectivity index (χ3n) is 3.35. The van der Waals surface area contributed by atoms with E-state index in [9.17, 15) is 4.79 Å². The first kappa shape index (κ1) is 16.5. The smallest absolute Gasteiger partial charge is 0.244 e. The number of hydrogen-bond acceptors (Lipinski definition) is 4. The van der Waals surface area contributed by atoms with E-state index in [1.165, 1.54) is 0 Å². The van der Waals surface area contributed by atoms with E-state index in [0.29, 0.717) is 0 Å². The normalized spacial score (nSPS) is 10.6. The van der Waals surface area contributed by atoms with Crippen molar-refractivity contribution >= 4 is 12.1 Å². The second-order valence-electron chi connectivity index (χ2n) is 5.05. The Kier molecular flexibility index (Phi) is 5.74. The third kappa shape index (κ3) is 4.85. The molecule has 0 unspecified atom stereocenters. The van der Waals surface area contributed by atoms with Crippen molar-refractivity contribution in [1.29, 1.82) is 0 Å². The van der Waals surface area contributed by atoms with Crippen molar-refractivity contribution in [3.63, 3.8) is 0 Å². The second kappa shape index (κ2) is 7.98. The van der Waals surface area contributed by atoms with Gasteiger partial charge in [0.05, 0.1) is 26.9 Å². The monoisotopic (exact) mass is 312 g/mol. The fraction of sp³-hybridized carbons (Fsp3) is 0.222. The molecule has 2 aromatic rings. The molecule has 0 radical (unpaired) electrons. The van der Waals surface area contributed by atoms with Crippen LogP contribution in [0.2, 0.25) is 0 Å². The Morgan fingerprint density at radius 2 is 1.87 bits per heavy atom. The summed E-state index contributed by atoms with van der Waals surface area (Å²) in [6.07, 6.45) is 1.88. The Morgan fingerprint density at radius 1 is 1.13 bits per heavy atom. The van der Waals surface area contributed by atoms with Crippen molar-refractivity contribution in [3.8, 4) is 11.5 Å². The molecule has 0 heterocycles. The first-order chi connectivity index (χ1) is 11.1. The van der Waals surface area contributed by atoms with Gasteiger partial charge in [-0.15, -0.1) is 0 Å². The molecule has 0 saturated carbocycles. The standard InChI is InChI=1S/C18H20N2O3/c1-13-10-15(6-9-17(13)23-3)12-19-20-18(21)11-14-4-7-16(22-2)8-5-14/h4-10,12H,11H2,1-3H3,(H,20,21). The lowest BCUT2D eigenvalue weighted by Gasteiger charge is -2.05. The Bertz CT molecular complexity index is 694. The van der Waals surface area contributed by atoms with E-state index in [2.05, 4.69) is 10.5 Å². The molecule has 0 spiro atoms. The van der Waals surface area contributed by atoms with E-state index < -0.39 is 0 Å². The topological polar surface area (TPSA) is 59.9 Å². The van der Waals surface area contributed by atoms with Crippen LogP contribution in [0.5, 0.6) is 11.5 Å². The number of carbonyl (C=O) groups excluding carboxylic acids is 1. The van der Waals surface area contributed by atoms with Crippen LogP contribution in [-0.2, 0) is 11.2 Å². The van der Waals surface area contributed by atoms with Crippen LogP contribution in [-0.4, -0.2) is 26.3 Å². The molecule has 0 aliphatic heterocycles. The SMILES string of the molecule is COc1ccc(CC(=O)NN=Cc2ccc(OC)c(C)c2)cc1. The fourth-order valence-electron chi connectivity index (χ4n) is 2.13. The molecule has 2 rings (SSSR count). The molecular weight excluding hydrogens is 292 g/mol. The van der Waals surface area contributed by atoms with Gasteiger partial charge in [0, 0.05) is 0 Å². The summed E-state index contributed by atoms with van der Waals surface area (Å²) >= 11 is 0. The van der Waals surface area contributed by atoms with Gasteiger partial charge in [-0.25, -0.2) is 5.43 Å². The predicted octanol–water partition coefficient (Wildman–Crippen LogP) is 2.71. The maximum atomic E-state index is 11.8. The molecule has 0 aromatic heterocycles. The van der Waals surface area contributed by atoms with Crippen LogP contribution in [0.15, 0.2) is 47.6 Å². The zero-order valence-corrected chi connectivity index (χ0v) is 13.5. The summed E-state index contributed by atoms with van der Waals surface area (Å²) in [5, 5.41) is 3.98. The van der Waals surface area contributed by atoms with Crippen molar-refractivity contribution in [1.82, 2.24) is 5.43 Å². The zero-order valence-electron chi connectivity index (χ0n) is 13.5. The van der Waals surface area contributed by atoms with Crippen LogP contribution < -0.4 is 14.9 Å². The van der Waals surface area contributed by atoms with Crippen LogP contribution in [0.3, 0.4) is 0 Å². The van der Waals surface area contributed by atoms with Crippen molar-refractivity contribution in [2.24, 2.45) is 5.10 Å². The molecule has 0 saturated heterocycles. The van der Waals surface area contributed by atoms with Crippen LogP contribution >= 0.6 is 0 Å². The molecule has 23 heavy (non-hydrogen) atoms. The van der Waals surface area contributed by atoms with Gasteiger partial charge < -0.3 is 9.47 Å². The van der Waals surface area contributed by atoms with Crippen LogP contribution in [0, 0.1) is 6.92 Å². The van der Waals surface area contributed by atoms with Gasteiger partial charge in [-0.1, -0.05) is 12.1 Å². The summed E-state index contributed by atoms with van der Waals surface area (Å²) in [6.45, 7) is 1.96. The van der Waals surface area contributed by atoms with Gasteiger partial charge in [-0.05, 0) is 53.9 Å². The summed E-state index contributed by atoms with van der Waals surface area (Å²) in [6, 6.07) is 13.1. The van der Waals surface area contributed by atoms with Crippen molar-refractivity contribution in [2.75, 3.05) is 14.2 Å². The van der Waals surface area contributed by atoms with E-state index in [1.54, 1.807) is 20.4 Å². The highest BCUT2D eigenvalue weighted by molar-refractivity contribution is 5.83. The van der Waals surface area contributed by atoms with Gasteiger partial charge in [0.25, 0.3) is 0 Å². The zero-order chi connectivity index (χ0) is 16.7. The van der Waals surface area contributed by atoms with E-state index in [-0.39, 0.29) is 12.3 Å². The predicted molar refractivity (Wildman–Crippen MR) is 90.2 cm³/mol. The van der Waals surface area contributed by atoms with Gasteiger partial charge in [-0.2, -0.15) is 5.10 Å². The number of nitrogens with one attached hydrogen (secondary N) is 1. The maximum absolute atomic E-state index is 11.8. The first-order valence-corrected chi connectivity index (χ1v) is 7.22. The van der Waals surface area contributed by atoms with Gasteiger partial charge in [0.2, 0.25) is 5.91 Å². The minimum absolute atomic E-state index is 0.170. The summed E-state index contributed by atoms with van der Waals surface area (Å²) in [5.74, 6) is 1.42. The highest BCUT2D eigenvalue weighted by atomic mass is 16.5. The average molecular weight is 312 g/mol. The minimum atomic E-state index is -0.170. The number of amides is 1. The highest BCUT2D eigenvalue weighted by Gasteiger charge is 2.02. The summed E-state index contributed by atoms with van der Waals surface area (Å²) < 4.78 is 10.3. The number of methoxy groups -OCH3 is 2.